The molecule has 0 unspecified atom stereocenters. The van der Waals surface area contributed by atoms with Crippen LogP contribution < -0.4 is 11.1 Å². The van der Waals surface area contributed by atoms with Gasteiger partial charge >= 0.3 is 0 Å². The van der Waals surface area contributed by atoms with E-state index in [9.17, 15) is 4.79 Å². The van der Waals surface area contributed by atoms with Gasteiger partial charge in [-0.1, -0.05) is 35.9 Å². The molecule has 0 fully saturated rings. The second kappa shape index (κ2) is 5.57. The molecule has 0 spiro atoms. The fourth-order valence-electron chi connectivity index (χ4n) is 1.99. The minimum Gasteiger partial charge on any atom is -0.398 e. The molecule has 0 radical (unpaired) electrons. The maximum Gasteiger partial charge on any atom is 0.253 e. The maximum atomic E-state index is 12.0. The van der Waals surface area contributed by atoms with Crippen molar-refractivity contribution in [2.75, 3.05) is 5.73 Å². The van der Waals surface area contributed by atoms with Gasteiger partial charge in [0.2, 0.25) is 0 Å². The van der Waals surface area contributed by atoms with Crippen LogP contribution in [0, 0.1) is 13.8 Å². The largest absolute Gasteiger partial charge is 0.398 e. The number of amides is 1. The first-order valence-corrected chi connectivity index (χ1v) is 6.26. The predicted octanol–water partition coefficient (Wildman–Crippen LogP) is 2.82. The predicted molar refractivity (Wildman–Crippen MR) is 77.9 cm³/mol. The van der Waals surface area contributed by atoms with Crippen molar-refractivity contribution in [3.05, 3.63) is 64.7 Å². The van der Waals surface area contributed by atoms with E-state index in [4.69, 9.17) is 5.73 Å². The van der Waals surface area contributed by atoms with Crippen molar-refractivity contribution in [3.8, 4) is 0 Å². The minimum absolute atomic E-state index is 0.140. The van der Waals surface area contributed by atoms with E-state index in [1.54, 1.807) is 6.07 Å². The van der Waals surface area contributed by atoms with E-state index < -0.39 is 0 Å². The van der Waals surface area contributed by atoms with Gasteiger partial charge in [0.1, 0.15) is 0 Å². The van der Waals surface area contributed by atoms with Crippen LogP contribution in [0.2, 0.25) is 0 Å². The number of benzene rings is 2. The quantitative estimate of drug-likeness (QED) is 0.827. The molecule has 2 aromatic rings. The lowest BCUT2D eigenvalue weighted by molar-refractivity contribution is 0.0952. The van der Waals surface area contributed by atoms with Gasteiger partial charge in [0.05, 0.1) is 5.56 Å². The average Bonchev–Trinajstić information content (AvgIpc) is 2.36. The van der Waals surface area contributed by atoms with Crippen LogP contribution in [0.15, 0.2) is 42.5 Å². The molecule has 3 heteroatoms. The zero-order chi connectivity index (χ0) is 13.8. The summed E-state index contributed by atoms with van der Waals surface area (Å²) in [7, 11) is 0. The van der Waals surface area contributed by atoms with E-state index in [1.165, 1.54) is 5.56 Å². The fraction of sp³-hybridized carbons (Fsp3) is 0.188. The highest BCUT2D eigenvalue weighted by molar-refractivity contribution is 5.99. The molecule has 0 aromatic heterocycles. The number of nitrogens with one attached hydrogen (secondary N) is 1. The molecule has 0 heterocycles. The summed E-state index contributed by atoms with van der Waals surface area (Å²) in [5, 5.41) is 2.88. The summed E-state index contributed by atoms with van der Waals surface area (Å²) in [4.78, 5) is 12.0. The number of hydrogen-bond acceptors (Lipinski definition) is 2. The van der Waals surface area contributed by atoms with Gasteiger partial charge in [-0.2, -0.15) is 0 Å². The molecular formula is C16H18N2O. The minimum atomic E-state index is -0.140. The standard InChI is InChI=1S/C16H18N2O/c1-11-4-3-5-13(8-11)10-18-16(19)14-7-6-12(2)9-15(14)17/h3-9H,10,17H2,1-2H3,(H,18,19). The third-order valence-corrected chi connectivity index (χ3v) is 2.99. The van der Waals surface area contributed by atoms with E-state index in [1.807, 2.05) is 44.2 Å². The highest BCUT2D eigenvalue weighted by Gasteiger charge is 2.09. The molecule has 0 aliphatic rings. The van der Waals surface area contributed by atoms with Crippen LogP contribution in [0.5, 0.6) is 0 Å². The van der Waals surface area contributed by atoms with Crippen molar-refractivity contribution in [2.24, 2.45) is 0 Å². The highest BCUT2D eigenvalue weighted by atomic mass is 16.1. The number of anilines is 1. The summed E-state index contributed by atoms with van der Waals surface area (Å²) in [5.41, 5.74) is 10.2. The number of carbonyl (C=O) groups is 1. The van der Waals surface area contributed by atoms with E-state index in [0.29, 0.717) is 17.8 Å². The average molecular weight is 254 g/mol. The van der Waals surface area contributed by atoms with Crippen LogP contribution >= 0.6 is 0 Å². The number of nitrogens with two attached hydrogens (primary N) is 1. The molecule has 98 valence electrons. The Labute approximate surface area is 113 Å². The Hall–Kier alpha value is -2.29. The summed E-state index contributed by atoms with van der Waals surface area (Å²) in [6, 6.07) is 13.5. The van der Waals surface area contributed by atoms with Gasteiger partial charge in [0.25, 0.3) is 5.91 Å². The fourth-order valence-corrected chi connectivity index (χ4v) is 1.99. The molecular weight excluding hydrogens is 236 g/mol. The smallest absolute Gasteiger partial charge is 0.253 e. The third-order valence-electron chi connectivity index (χ3n) is 2.99. The summed E-state index contributed by atoms with van der Waals surface area (Å²) in [5.74, 6) is -0.140. The number of hydrogen-bond donors (Lipinski definition) is 2. The summed E-state index contributed by atoms with van der Waals surface area (Å²) < 4.78 is 0. The molecule has 19 heavy (non-hydrogen) atoms. The molecule has 0 aliphatic carbocycles. The zero-order valence-corrected chi connectivity index (χ0v) is 11.2. The Morgan fingerprint density at radius 1 is 1.11 bits per heavy atom. The second-order valence-corrected chi connectivity index (χ2v) is 4.76. The Kier molecular flexibility index (Phi) is 3.85. The second-order valence-electron chi connectivity index (χ2n) is 4.76. The number of carbonyl (C=O) groups excluding carboxylic acids is 1. The van der Waals surface area contributed by atoms with Crippen LogP contribution in [0.25, 0.3) is 0 Å². The normalized spacial score (nSPS) is 10.2. The van der Waals surface area contributed by atoms with Crippen molar-refractivity contribution in [3.63, 3.8) is 0 Å². The number of nitrogen functional groups attached to an aromatic ring is 1. The molecule has 2 aromatic carbocycles. The number of rotatable bonds is 3. The molecule has 0 saturated heterocycles. The highest BCUT2D eigenvalue weighted by Crippen LogP contribution is 2.14. The van der Waals surface area contributed by atoms with Crippen molar-refractivity contribution in [1.29, 1.82) is 0 Å². The zero-order valence-electron chi connectivity index (χ0n) is 11.2. The van der Waals surface area contributed by atoms with E-state index in [2.05, 4.69) is 11.4 Å². The van der Waals surface area contributed by atoms with E-state index >= 15 is 0 Å². The Balaban J connectivity index is 2.05. The topological polar surface area (TPSA) is 55.1 Å². The molecule has 2 rings (SSSR count). The molecule has 0 aliphatic heterocycles. The van der Waals surface area contributed by atoms with Gasteiger partial charge in [0, 0.05) is 12.2 Å². The van der Waals surface area contributed by atoms with Crippen molar-refractivity contribution in [1.82, 2.24) is 5.32 Å². The van der Waals surface area contributed by atoms with Crippen LogP contribution in [0.3, 0.4) is 0 Å². The first kappa shape index (κ1) is 13.1. The van der Waals surface area contributed by atoms with Crippen LogP contribution in [-0.4, -0.2) is 5.91 Å². The Morgan fingerprint density at radius 3 is 2.53 bits per heavy atom. The van der Waals surface area contributed by atoms with Gasteiger partial charge in [0.15, 0.2) is 0 Å². The summed E-state index contributed by atoms with van der Waals surface area (Å²) in [6.07, 6.45) is 0. The molecule has 0 atom stereocenters. The molecule has 0 saturated carbocycles. The molecule has 0 bridgehead atoms. The van der Waals surface area contributed by atoms with Crippen molar-refractivity contribution in [2.45, 2.75) is 20.4 Å². The maximum absolute atomic E-state index is 12.0. The Bertz CT molecular complexity index is 605. The van der Waals surface area contributed by atoms with Crippen molar-refractivity contribution >= 4 is 11.6 Å². The summed E-state index contributed by atoms with van der Waals surface area (Å²) >= 11 is 0. The number of aryl methyl sites for hydroxylation is 2. The van der Waals surface area contributed by atoms with Gasteiger partial charge in [-0.25, -0.2) is 0 Å². The lowest BCUT2D eigenvalue weighted by atomic mass is 10.1. The lowest BCUT2D eigenvalue weighted by Crippen LogP contribution is -2.23. The lowest BCUT2D eigenvalue weighted by Gasteiger charge is -2.08. The molecule has 3 nitrogen and oxygen atoms in total. The Morgan fingerprint density at radius 2 is 1.84 bits per heavy atom. The van der Waals surface area contributed by atoms with Gasteiger partial charge in [-0.15, -0.1) is 0 Å². The van der Waals surface area contributed by atoms with Gasteiger partial charge in [-0.05, 0) is 37.1 Å². The van der Waals surface area contributed by atoms with Crippen LogP contribution in [0.1, 0.15) is 27.0 Å². The van der Waals surface area contributed by atoms with Crippen LogP contribution in [0.4, 0.5) is 5.69 Å². The molecule has 1 amide bonds. The monoisotopic (exact) mass is 254 g/mol. The summed E-state index contributed by atoms with van der Waals surface area (Å²) in [6.45, 7) is 4.49. The van der Waals surface area contributed by atoms with Crippen molar-refractivity contribution < 1.29 is 4.79 Å². The first-order valence-electron chi connectivity index (χ1n) is 6.26. The van der Waals surface area contributed by atoms with E-state index in [-0.39, 0.29) is 5.91 Å². The van der Waals surface area contributed by atoms with Crippen LogP contribution in [-0.2, 0) is 6.54 Å². The van der Waals surface area contributed by atoms with Gasteiger partial charge in [-0.3, -0.25) is 4.79 Å². The van der Waals surface area contributed by atoms with E-state index in [0.717, 1.165) is 11.1 Å². The third kappa shape index (κ3) is 3.35. The molecule has 3 N–H and O–H groups in total. The SMILES string of the molecule is Cc1cccc(CNC(=O)c2ccc(C)cc2N)c1. The first-order chi connectivity index (χ1) is 9.06. The van der Waals surface area contributed by atoms with Gasteiger partial charge < -0.3 is 11.1 Å².